The van der Waals surface area contributed by atoms with Crippen LogP contribution in [0.2, 0.25) is 0 Å². The number of piperidine rings is 1. The maximum absolute atomic E-state index is 13.0. The average Bonchev–Trinajstić information content (AvgIpc) is 3.27. The Hall–Kier alpha value is -2.91. The molecule has 0 radical (unpaired) electrons. The van der Waals surface area contributed by atoms with Crippen LogP contribution in [0.4, 0.5) is 10.2 Å². The molecule has 1 amide bonds. The Labute approximate surface area is 205 Å². The van der Waals surface area contributed by atoms with E-state index in [-0.39, 0.29) is 18.5 Å². The molecule has 0 saturated carbocycles. The average molecular weight is 480 g/mol. The molecular weight excluding hydrogens is 445 g/mol. The SMILES string of the molecule is CC(C)CN1CCC[C@@H](C(=O)Nc2cc3cc(-c4cnn5c4CN(CCF)CC5)cnc3cn2)C1. The number of carbonyl (C=O) groups is 1. The number of fused-ring (bicyclic) bond motifs is 2. The van der Waals surface area contributed by atoms with Crippen molar-refractivity contribution in [3.05, 3.63) is 36.4 Å². The Morgan fingerprint density at radius 3 is 2.86 bits per heavy atom. The summed E-state index contributed by atoms with van der Waals surface area (Å²) >= 11 is 0. The fraction of sp³-hybridized carbons (Fsp3) is 0.538. The van der Waals surface area contributed by atoms with Crippen molar-refractivity contribution in [2.24, 2.45) is 11.8 Å². The third-order valence-electron chi connectivity index (χ3n) is 6.98. The van der Waals surface area contributed by atoms with Gasteiger partial charge in [0.2, 0.25) is 5.91 Å². The maximum atomic E-state index is 13.0. The number of alkyl halides is 1. The lowest BCUT2D eigenvalue weighted by atomic mass is 9.96. The number of anilines is 1. The van der Waals surface area contributed by atoms with Gasteiger partial charge in [-0.3, -0.25) is 19.4 Å². The van der Waals surface area contributed by atoms with Crippen LogP contribution in [0, 0.1) is 11.8 Å². The summed E-state index contributed by atoms with van der Waals surface area (Å²) < 4.78 is 14.9. The molecule has 0 aliphatic carbocycles. The first-order valence-corrected chi connectivity index (χ1v) is 12.6. The largest absolute Gasteiger partial charge is 0.310 e. The van der Waals surface area contributed by atoms with E-state index in [1.54, 1.807) is 6.20 Å². The van der Waals surface area contributed by atoms with Crippen LogP contribution < -0.4 is 5.32 Å². The monoisotopic (exact) mass is 479 g/mol. The number of likely N-dealkylation sites (tertiary alicyclic amines) is 1. The highest BCUT2D eigenvalue weighted by atomic mass is 19.1. The molecule has 0 bridgehead atoms. The first-order valence-electron chi connectivity index (χ1n) is 12.6. The summed E-state index contributed by atoms with van der Waals surface area (Å²) in [5.74, 6) is 1.16. The highest BCUT2D eigenvalue weighted by Gasteiger charge is 2.26. The molecule has 9 heteroatoms. The summed E-state index contributed by atoms with van der Waals surface area (Å²) in [7, 11) is 0. The molecule has 8 nitrogen and oxygen atoms in total. The summed E-state index contributed by atoms with van der Waals surface area (Å²) in [6, 6.07) is 3.96. The highest BCUT2D eigenvalue weighted by molar-refractivity contribution is 5.94. The Balaban J connectivity index is 1.33. The van der Waals surface area contributed by atoms with Gasteiger partial charge in [-0.25, -0.2) is 9.37 Å². The van der Waals surface area contributed by atoms with Crippen molar-refractivity contribution in [2.75, 3.05) is 44.7 Å². The van der Waals surface area contributed by atoms with Gasteiger partial charge < -0.3 is 10.2 Å². The molecule has 186 valence electrons. The van der Waals surface area contributed by atoms with E-state index >= 15 is 0 Å². The quantitative estimate of drug-likeness (QED) is 0.558. The van der Waals surface area contributed by atoms with Crippen LogP contribution in [0.15, 0.2) is 30.7 Å². The summed E-state index contributed by atoms with van der Waals surface area (Å²) in [4.78, 5) is 26.5. The number of carbonyl (C=O) groups excluding carboxylic acids is 1. The molecule has 3 aromatic heterocycles. The summed E-state index contributed by atoms with van der Waals surface area (Å²) in [5.41, 5.74) is 3.82. The molecule has 5 rings (SSSR count). The number of hydrogen-bond acceptors (Lipinski definition) is 6. The number of aromatic nitrogens is 4. The first-order chi connectivity index (χ1) is 17.0. The minimum atomic E-state index is -0.348. The van der Waals surface area contributed by atoms with Crippen LogP contribution in [-0.2, 0) is 17.9 Å². The van der Waals surface area contributed by atoms with Gasteiger partial charge in [-0.1, -0.05) is 13.8 Å². The van der Waals surface area contributed by atoms with Gasteiger partial charge in [0.15, 0.2) is 0 Å². The van der Waals surface area contributed by atoms with E-state index in [0.717, 1.165) is 73.3 Å². The first kappa shape index (κ1) is 23.8. The lowest BCUT2D eigenvalue weighted by Gasteiger charge is -2.32. The molecule has 0 spiro atoms. The Morgan fingerprint density at radius 1 is 1.14 bits per heavy atom. The second-order valence-corrected chi connectivity index (χ2v) is 10.2. The van der Waals surface area contributed by atoms with Gasteiger partial charge in [-0.2, -0.15) is 5.10 Å². The molecule has 35 heavy (non-hydrogen) atoms. The molecule has 0 aromatic carbocycles. The van der Waals surface area contributed by atoms with Crippen LogP contribution in [0.1, 0.15) is 32.4 Å². The van der Waals surface area contributed by atoms with E-state index in [9.17, 15) is 9.18 Å². The van der Waals surface area contributed by atoms with Crippen LogP contribution in [0.5, 0.6) is 0 Å². The number of halogens is 1. The number of nitrogens with one attached hydrogen (secondary N) is 1. The molecule has 3 aromatic rings. The fourth-order valence-corrected chi connectivity index (χ4v) is 5.28. The van der Waals surface area contributed by atoms with Crippen LogP contribution in [0.25, 0.3) is 22.0 Å². The Morgan fingerprint density at radius 2 is 2.03 bits per heavy atom. The maximum Gasteiger partial charge on any atom is 0.229 e. The minimum absolute atomic E-state index is 0.0179. The number of amides is 1. The Bertz CT molecular complexity index is 1190. The number of nitrogens with zero attached hydrogens (tertiary/aromatic N) is 6. The van der Waals surface area contributed by atoms with E-state index in [1.807, 2.05) is 23.1 Å². The second-order valence-electron chi connectivity index (χ2n) is 10.2. The molecule has 1 atom stereocenters. The zero-order valence-electron chi connectivity index (χ0n) is 20.6. The van der Waals surface area contributed by atoms with Gasteiger partial charge in [0.1, 0.15) is 12.5 Å². The predicted molar refractivity (Wildman–Crippen MR) is 135 cm³/mol. The Kier molecular flexibility index (Phi) is 7.06. The van der Waals surface area contributed by atoms with Crippen molar-refractivity contribution in [1.29, 1.82) is 0 Å². The van der Waals surface area contributed by atoms with Gasteiger partial charge in [-0.05, 0) is 37.4 Å². The van der Waals surface area contributed by atoms with E-state index in [2.05, 4.69) is 50.1 Å². The molecule has 2 aliphatic rings. The van der Waals surface area contributed by atoms with Gasteiger partial charge in [0, 0.05) is 55.4 Å². The summed E-state index contributed by atoms with van der Waals surface area (Å²) in [5, 5.41) is 8.49. The van der Waals surface area contributed by atoms with Gasteiger partial charge >= 0.3 is 0 Å². The van der Waals surface area contributed by atoms with Crippen LogP contribution in [-0.4, -0.2) is 74.9 Å². The van der Waals surface area contributed by atoms with Gasteiger partial charge in [0.25, 0.3) is 0 Å². The van der Waals surface area contributed by atoms with Crippen molar-refractivity contribution < 1.29 is 9.18 Å². The van der Waals surface area contributed by atoms with Crippen molar-refractivity contribution in [1.82, 2.24) is 29.5 Å². The minimum Gasteiger partial charge on any atom is -0.310 e. The smallest absolute Gasteiger partial charge is 0.229 e. The van der Waals surface area contributed by atoms with E-state index in [4.69, 9.17) is 0 Å². The molecule has 1 fully saturated rings. The van der Waals surface area contributed by atoms with Gasteiger partial charge in [0.05, 0.1) is 36.1 Å². The number of hydrogen-bond donors (Lipinski definition) is 1. The van der Waals surface area contributed by atoms with Crippen molar-refractivity contribution >= 4 is 22.6 Å². The fourth-order valence-electron chi connectivity index (χ4n) is 5.28. The summed E-state index contributed by atoms with van der Waals surface area (Å²) in [6.45, 7) is 9.64. The van der Waals surface area contributed by atoms with E-state index < -0.39 is 0 Å². The highest BCUT2D eigenvalue weighted by Crippen LogP contribution is 2.29. The molecule has 2 aliphatic heterocycles. The zero-order chi connectivity index (χ0) is 24.4. The standard InChI is InChI=1S/C26H34FN7O/c1-18(2)15-33-6-3-4-19(16-33)26(35)31-25-11-20-10-21(12-28-23(20)14-29-25)22-13-30-34-9-8-32(7-5-27)17-24(22)34/h10-14,18-19H,3-9,15-17H2,1-2H3,(H,29,31,35)/t19-/m1/s1. The lowest BCUT2D eigenvalue weighted by Crippen LogP contribution is -2.42. The second kappa shape index (κ2) is 10.4. The van der Waals surface area contributed by atoms with E-state index in [0.29, 0.717) is 24.8 Å². The molecule has 1 saturated heterocycles. The molecule has 0 unspecified atom stereocenters. The molecule has 5 heterocycles. The summed E-state index contributed by atoms with van der Waals surface area (Å²) in [6.07, 6.45) is 7.36. The lowest BCUT2D eigenvalue weighted by molar-refractivity contribution is -0.121. The molecular formula is C26H34FN7O. The van der Waals surface area contributed by atoms with E-state index in [1.165, 1.54) is 0 Å². The third-order valence-corrected chi connectivity index (χ3v) is 6.98. The van der Waals surface area contributed by atoms with Crippen molar-refractivity contribution in [3.8, 4) is 11.1 Å². The predicted octanol–water partition coefficient (Wildman–Crippen LogP) is 3.58. The van der Waals surface area contributed by atoms with Crippen LogP contribution in [0.3, 0.4) is 0 Å². The van der Waals surface area contributed by atoms with Crippen molar-refractivity contribution in [3.63, 3.8) is 0 Å². The topological polar surface area (TPSA) is 79.2 Å². The zero-order valence-corrected chi connectivity index (χ0v) is 20.6. The van der Waals surface area contributed by atoms with Gasteiger partial charge in [-0.15, -0.1) is 0 Å². The van der Waals surface area contributed by atoms with Crippen LogP contribution >= 0.6 is 0 Å². The molecule has 1 N–H and O–H groups in total. The number of pyridine rings is 2. The van der Waals surface area contributed by atoms with Crippen molar-refractivity contribution in [2.45, 2.75) is 39.8 Å². The number of rotatable bonds is 7. The third kappa shape index (κ3) is 5.36. The normalized spacial score (nSPS) is 19.3.